The van der Waals surface area contributed by atoms with Gasteiger partial charge in [-0.05, 0) is 39.7 Å². The summed E-state index contributed by atoms with van der Waals surface area (Å²) >= 11 is 0. The molecule has 1 atom stereocenters. The highest BCUT2D eigenvalue weighted by atomic mass is 16.5. The summed E-state index contributed by atoms with van der Waals surface area (Å²) in [5.41, 5.74) is 1.07. The Labute approximate surface area is 138 Å². The molecule has 0 bridgehead atoms. The lowest BCUT2D eigenvalue weighted by molar-refractivity contribution is -0.0699. The molecular formula is C19H27N3O. The number of rotatable bonds is 5. The SMILES string of the molecule is CC1(C)CC(NCc2nccn2Cc2ccccc2)C(C)(C)O1. The Kier molecular flexibility index (Phi) is 4.30. The highest BCUT2D eigenvalue weighted by Gasteiger charge is 2.45. The van der Waals surface area contributed by atoms with Crippen molar-refractivity contribution in [2.45, 2.75) is 64.4 Å². The zero-order valence-corrected chi connectivity index (χ0v) is 14.5. The molecule has 0 saturated carbocycles. The van der Waals surface area contributed by atoms with E-state index in [0.717, 1.165) is 25.3 Å². The average molecular weight is 313 g/mol. The zero-order valence-electron chi connectivity index (χ0n) is 14.5. The first-order chi connectivity index (χ1) is 10.9. The fraction of sp³-hybridized carbons (Fsp3) is 0.526. The third-order valence-corrected chi connectivity index (χ3v) is 4.58. The number of hydrogen-bond donors (Lipinski definition) is 1. The van der Waals surface area contributed by atoms with Gasteiger partial charge in [0, 0.05) is 25.0 Å². The van der Waals surface area contributed by atoms with E-state index in [2.05, 4.69) is 66.8 Å². The lowest BCUT2D eigenvalue weighted by Gasteiger charge is -2.27. The Morgan fingerprint density at radius 1 is 1.22 bits per heavy atom. The van der Waals surface area contributed by atoms with Crippen molar-refractivity contribution < 1.29 is 4.74 Å². The van der Waals surface area contributed by atoms with Crippen molar-refractivity contribution in [1.29, 1.82) is 0 Å². The molecule has 2 heterocycles. The maximum Gasteiger partial charge on any atom is 0.122 e. The summed E-state index contributed by atoms with van der Waals surface area (Å²) in [6.45, 7) is 10.3. The first-order valence-electron chi connectivity index (χ1n) is 8.33. The molecule has 1 aliphatic heterocycles. The predicted molar refractivity (Wildman–Crippen MR) is 92.3 cm³/mol. The van der Waals surface area contributed by atoms with Gasteiger partial charge in [0.05, 0.1) is 17.7 Å². The second-order valence-corrected chi connectivity index (χ2v) is 7.56. The second-order valence-electron chi connectivity index (χ2n) is 7.56. The van der Waals surface area contributed by atoms with Crippen LogP contribution in [-0.2, 0) is 17.8 Å². The van der Waals surface area contributed by atoms with Crippen LogP contribution in [0, 0.1) is 0 Å². The molecule has 4 nitrogen and oxygen atoms in total. The molecule has 0 radical (unpaired) electrons. The number of aromatic nitrogens is 2. The summed E-state index contributed by atoms with van der Waals surface area (Å²) < 4.78 is 8.36. The van der Waals surface area contributed by atoms with E-state index >= 15 is 0 Å². The third-order valence-electron chi connectivity index (χ3n) is 4.58. The van der Waals surface area contributed by atoms with Crippen LogP contribution in [0.25, 0.3) is 0 Å². The third kappa shape index (κ3) is 3.82. The predicted octanol–water partition coefficient (Wildman–Crippen LogP) is 3.37. The van der Waals surface area contributed by atoms with Gasteiger partial charge in [0.15, 0.2) is 0 Å². The molecule has 1 saturated heterocycles. The van der Waals surface area contributed by atoms with Crippen LogP contribution in [0.3, 0.4) is 0 Å². The fourth-order valence-electron chi connectivity index (χ4n) is 3.53. The van der Waals surface area contributed by atoms with E-state index in [-0.39, 0.29) is 11.2 Å². The minimum Gasteiger partial charge on any atom is -0.368 e. The molecule has 124 valence electrons. The Balaban J connectivity index is 1.65. The number of imidazole rings is 1. The van der Waals surface area contributed by atoms with Gasteiger partial charge < -0.3 is 14.6 Å². The lowest BCUT2D eigenvalue weighted by atomic mass is 9.94. The molecule has 0 spiro atoms. The molecule has 1 N–H and O–H groups in total. The van der Waals surface area contributed by atoms with Crippen molar-refractivity contribution in [2.24, 2.45) is 0 Å². The van der Waals surface area contributed by atoms with Crippen molar-refractivity contribution in [2.75, 3.05) is 0 Å². The molecule has 3 rings (SSSR count). The van der Waals surface area contributed by atoms with Gasteiger partial charge in [0.25, 0.3) is 0 Å². The molecule has 1 fully saturated rings. The number of nitrogens with zero attached hydrogens (tertiary/aromatic N) is 2. The summed E-state index contributed by atoms with van der Waals surface area (Å²) in [5, 5.41) is 3.65. The molecule has 23 heavy (non-hydrogen) atoms. The van der Waals surface area contributed by atoms with Crippen LogP contribution in [0.4, 0.5) is 0 Å². The minimum atomic E-state index is -0.152. The Bertz CT molecular complexity index is 646. The molecule has 0 amide bonds. The van der Waals surface area contributed by atoms with Gasteiger partial charge in [0.2, 0.25) is 0 Å². The Morgan fingerprint density at radius 2 is 1.96 bits per heavy atom. The molecule has 2 aromatic rings. The van der Waals surface area contributed by atoms with Crippen molar-refractivity contribution in [3.05, 3.63) is 54.1 Å². The van der Waals surface area contributed by atoms with Crippen molar-refractivity contribution in [3.8, 4) is 0 Å². The summed E-state index contributed by atoms with van der Waals surface area (Å²) in [7, 11) is 0. The van der Waals surface area contributed by atoms with Gasteiger partial charge in [-0.15, -0.1) is 0 Å². The minimum absolute atomic E-state index is 0.0688. The van der Waals surface area contributed by atoms with Crippen LogP contribution in [0.15, 0.2) is 42.7 Å². The molecule has 1 unspecified atom stereocenters. The number of benzene rings is 1. The Hall–Kier alpha value is -1.65. The van der Waals surface area contributed by atoms with E-state index in [4.69, 9.17) is 4.74 Å². The fourth-order valence-corrected chi connectivity index (χ4v) is 3.53. The quantitative estimate of drug-likeness (QED) is 0.920. The van der Waals surface area contributed by atoms with Gasteiger partial charge in [0.1, 0.15) is 5.82 Å². The first kappa shape index (κ1) is 16.2. The van der Waals surface area contributed by atoms with Gasteiger partial charge in [-0.3, -0.25) is 0 Å². The van der Waals surface area contributed by atoms with Crippen molar-refractivity contribution >= 4 is 0 Å². The van der Waals surface area contributed by atoms with Gasteiger partial charge >= 0.3 is 0 Å². The van der Waals surface area contributed by atoms with Crippen LogP contribution in [0.1, 0.15) is 45.5 Å². The molecular weight excluding hydrogens is 286 g/mol. The van der Waals surface area contributed by atoms with E-state index in [0.29, 0.717) is 6.04 Å². The van der Waals surface area contributed by atoms with E-state index in [1.54, 1.807) is 0 Å². The van der Waals surface area contributed by atoms with Crippen LogP contribution < -0.4 is 5.32 Å². The largest absolute Gasteiger partial charge is 0.368 e. The summed E-state index contributed by atoms with van der Waals surface area (Å²) in [6, 6.07) is 10.8. The number of hydrogen-bond acceptors (Lipinski definition) is 3. The summed E-state index contributed by atoms with van der Waals surface area (Å²) in [5.74, 6) is 1.06. The summed E-state index contributed by atoms with van der Waals surface area (Å²) in [6.07, 6.45) is 4.93. The van der Waals surface area contributed by atoms with Crippen LogP contribution in [-0.4, -0.2) is 26.8 Å². The van der Waals surface area contributed by atoms with E-state index in [1.165, 1.54) is 5.56 Å². The standard InChI is InChI=1S/C19H27N3O/c1-18(2)12-16(19(3,4)23-18)21-13-17-20-10-11-22(17)14-15-8-6-5-7-9-15/h5-11,16,21H,12-14H2,1-4H3. The maximum atomic E-state index is 6.15. The van der Waals surface area contributed by atoms with E-state index < -0.39 is 0 Å². The van der Waals surface area contributed by atoms with Gasteiger partial charge in [-0.25, -0.2) is 4.98 Å². The van der Waals surface area contributed by atoms with Crippen LogP contribution in [0.5, 0.6) is 0 Å². The Morgan fingerprint density at radius 3 is 2.61 bits per heavy atom. The number of nitrogens with one attached hydrogen (secondary N) is 1. The molecule has 1 aromatic carbocycles. The highest BCUT2D eigenvalue weighted by molar-refractivity contribution is 5.16. The van der Waals surface area contributed by atoms with E-state index in [1.807, 2.05) is 18.5 Å². The topological polar surface area (TPSA) is 39.1 Å². The normalized spacial score (nSPS) is 22.3. The average Bonchev–Trinajstić information content (AvgIpc) is 2.98. The molecule has 1 aliphatic rings. The summed E-state index contributed by atoms with van der Waals surface area (Å²) in [4.78, 5) is 4.52. The van der Waals surface area contributed by atoms with Crippen LogP contribution >= 0.6 is 0 Å². The zero-order chi connectivity index (χ0) is 16.5. The van der Waals surface area contributed by atoms with Gasteiger partial charge in [-0.2, -0.15) is 0 Å². The highest BCUT2D eigenvalue weighted by Crippen LogP contribution is 2.37. The molecule has 4 heteroatoms. The van der Waals surface area contributed by atoms with Gasteiger partial charge in [-0.1, -0.05) is 30.3 Å². The first-order valence-corrected chi connectivity index (χ1v) is 8.33. The lowest BCUT2D eigenvalue weighted by Crippen LogP contribution is -2.43. The molecule has 1 aromatic heterocycles. The van der Waals surface area contributed by atoms with E-state index in [9.17, 15) is 0 Å². The molecule has 0 aliphatic carbocycles. The van der Waals surface area contributed by atoms with Crippen molar-refractivity contribution in [1.82, 2.24) is 14.9 Å². The maximum absolute atomic E-state index is 6.15. The monoisotopic (exact) mass is 313 g/mol. The smallest absolute Gasteiger partial charge is 0.122 e. The van der Waals surface area contributed by atoms with Crippen molar-refractivity contribution in [3.63, 3.8) is 0 Å². The second kappa shape index (κ2) is 6.10. The number of ether oxygens (including phenoxy) is 1. The van der Waals surface area contributed by atoms with Crippen LogP contribution in [0.2, 0.25) is 0 Å².